The first-order valence-electron chi connectivity index (χ1n) is 9.73. The van der Waals surface area contributed by atoms with Crippen molar-refractivity contribution < 1.29 is 13.9 Å². The van der Waals surface area contributed by atoms with Crippen molar-refractivity contribution in [3.05, 3.63) is 102 Å². The molecule has 0 saturated carbocycles. The highest BCUT2D eigenvalue weighted by molar-refractivity contribution is 5.78. The minimum absolute atomic E-state index is 0.452. The lowest BCUT2D eigenvalue weighted by atomic mass is 10.2. The van der Waals surface area contributed by atoms with E-state index in [1.807, 2.05) is 85.8 Å². The number of ether oxygens (including phenoxy) is 2. The quantitative estimate of drug-likeness (QED) is 0.405. The lowest BCUT2D eigenvalue weighted by Gasteiger charge is -2.09. The molecule has 0 unspecified atom stereocenters. The number of hydrogen-bond acceptors (Lipinski definition) is 4. The molecule has 0 saturated heterocycles. The Bertz CT molecular complexity index is 1140. The van der Waals surface area contributed by atoms with E-state index in [1.165, 1.54) is 0 Å². The molecule has 3 aromatic carbocycles. The molecule has 0 amide bonds. The van der Waals surface area contributed by atoms with Gasteiger partial charge in [-0.1, -0.05) is 48.5 Å². The number of rotatable bonds is 7. The van der Waals surface area contributed by atoms with Crippen molar-refractivity contribution in [1.82, 2.24) is 0 Å². The van der Waals surface area contributed by atoms with Crippen molar-refractivity contribution in [3.63, 3.8) is 0 Å². The molecule has 4 rings (SSSR count). The van der Waals surface area contributed by atoms with E-state index in [9.17, 15) is 0 Å². The first-order valence-corrected chi connectivity index (χ1v) is 9.73. The second kappa shape index (κ2) is 9.22. The molecule has 0 radical (unpaired) electrons. The molecule has 0 atom stereocenters. The predicted molar refractivity (Wildman–Crippen MR) is 114 cm³/mol. The summed E-state index contributed by atoms with van der Waals surface area (Å²) in [4.78, 5) is 4.68. The summed E-state index contributed by atoms with van der Waals surface area (Å²) in [6.45, 7) is 3.57. The van der Waals surface area contributed by atoms with Gasteiger partial charge >= 0.3 is 0 Å². The van der Waals surface area contributed by atoms with E-state index in [0.717, 1.165) is 33.5 Å². The summed E-state index contributed by atoms with van der Waals surface area (Å²) in [5.74, 6) is 0.758. The molecule has 4 aromatic rings. The van der Waals surface area contributed by atoms with Crippen LogP contribution in [0, 0.1) is 0 Å². The maximum absolute atomic E-state index is 6.16. The van der Waals surface area contributed by atoms with Gasteiger partial charge in [0.05, 0.1) is 12.3 Å². The topological polar surface area (TPSA) is 44.0 Å². The van der Waals surface area contributed by atoms with E-state index in [-0.39, 0.29) is 0 Å². The Morgan fingerprint density at radius 2 is 1.59 bits per heavy atom. The molecule has 4 nitrogen and oxygen atoms in total. The van der Waals surface area contributed by atoms with E-state index in [1.54, 1.807) is 0 Å². The minimum atomic E-state index is 0.452. The maximum atomic E-state index is 6.16. The first kappa shape index (κ1) is 19.0. The molecule has 4 heteroatoms. The summed E-state index contributed by atoms with van der Waals surface area (Å²) >= 11 is 0. The normalized spacial score (nSPS) is 11.7. The molecule has 1 heterocycles. The summed E-state index contributed by atoms with van der Waals surface area (Å²) in [7, 11) is 0. The van der Waals surface area contributed by atoms with Crippen LogP contribution < -0.4 is 10.3 Å². The van der Waals surface area contributed by atoms with Crippen LogP contribution in [0.5, 0.6) is 5.75 Å². The van der Waals surface area contributed by atoms with Crippen LogP contribution in [0.15, 0.2) is 94.3 Å². The van der Waals surface area contributed by atoms with E-state index >= 15 is 0 Å². The van der Waals surface area contributed by atoms with Gasteiger partial charge in [-0.2, -0.15) is 0 Å². The van der Waals surface area contributed by atoms with Crippen LogP contribution in [0.1, 0.15) is 18.1 Å². The van der Waals surface area contributed by atoms with Crippen LogP contribution >= 0.6 is 0 Å². The molecule has 146 valence electrons. The van der Waals surface area contributed by atoms with E-state index in [2.05, 4.69) is 11.1 Å². The zero-order chi connectivity index (χ0) is 19.9. The fourth-order valence-electron chi connectivity index (χ4n) is 3.00. The van der Waals surface area contributed by atoms with E-state index < -0.39 is 0 Å². The Balaban J connectivity index is 1.69. The fraction of sp³-hybridized carbons (Fsp3) is 0.160. The molecular formula is C25H23NO3. The third-order valence-electron chi connectivity index (χ3n) is 4.49. The number of benzene rings is 3. The number of nitrogens with zero attached hydrogens (tertiary/aromatic N) is 1. The smallest absolute Gasteiger partial charge is 0.225 e. The monoisotopic (exact) mass is 385 g/mol. The number of hydrogen-bond donors (Lipinski definition) is 0. The zero-order valence-electron chi connectivity index (χ0n) is 16.4. The molecule has 0 N–H and O–H groups in total. The highest BCUT2D eigenvalue weighted by Gasteiger charge is 2.07. The largest absolute Gasteiger partial charge is 0.489 e. The second-order valence-electron chi connectivity index (χ2n) is 6.64. The molecular weight excluding hydrogens is 362 g/mol. The van der Waals surface area contributed by atoms with Gasteiger partial charge in [0.15, 0.2) is 0 Å². The van der Waals surface area contributed by atoms with Crippen molar-refractivity contribution in [3.8, 4) is 5.75 Å². The fourth-order valence-corrected chi connectivity index (χ4v) is 3.00. The highest BCUT2D eigenvalue weighted by Crippen LogP contribution is 2.22. The summed E-state index contributed by atoms with van der Waals surface area (Å²) in [6.07, 6.45) is 0. The van der Waals surface area contributed by atoms with Crippen molar-refractivity contribution in [2.45, 2.75) is 20.1 Å². The third-order valence-corrected chi connectivity index (χ3v) is 4.49. The summed E-state index contributed by atoms with van der Waals surface area (Å²) in [5, 5.41) is 0.985. The molecule has 0 fully saturated rings. The predicted octanol–water partition coefficient (Wildman–Crippen LogP) is 5.78. The Morgan fingerprint density at radius 1 is 0.828 bits per heavy atom. The summed E-state index contributed by atoms with van der Waals surface area (Å²) in [6, 6.07) is 27.8. The summed E-state index contributed by atoms with van der Waals surface area (Å²) < 4.78 is 17.7. The standard InChI is InChI=1S/C25H23NO3/c1-2-27-18-21-15-20-13-14-23(28-17-19-9-5-3-6-10-19)16-24(20)29-25(21)26-22-11-7-4-8-12-22/h3-16H,2,17-18H2,1H3. The van der Waals surface area contributed by atoms with Crippen molar-refractivity contribution >= 4 is 16.7 Å². The van der Waals surface area contributed by atoms with Crippen LogP contribution in [-0.2, 0) is 18.0 Å². The molecule has 0 aliphatic rings. The van der Waals surface area contributed by atoms with Crippen molar-refractivity contribution in [2.24, 2.45) is 4.99 Å². The van der Waals surface area contributed by atoms with Gasteiger partial charge in [-0.25, -0.2) is 4.99 Å². The van der Waals surface area contributed by atoms with Gasteiger partial charge in [0.2, 0.25) is 5.55 Å². The number of fused-ring (bicyclic) bond motifs is 1. The lowest BCUT2D eigenvalue weighted by molar-refractivity contribution is 0.131. The Kier molecular flexibility index (Phi) is 6.03. The van der Waals surface area contributed by atoms with Crippen LogP contribution in [0.4, 0.5) is 5.69 Å². The minimum Gasteiger partial charge on any atom is -0.489 e. The van der Waals surface area contributed by atoms with E-state index in [0.29, 0.717) is 25.4 Å². The lowest BCUT2D eigenvalue weighted by Crippen LogP contribution is -2.11. The first-order chi connectivity index (χ1) is 14.3. The Labute approximate surface area is 170 Å². The molecule has 0 aliphatic heterocycles. The average Bonchev–Trinajstić information content (AvgIpc) is 2.77. The maximum Gasteiger partial charge on any atom is 0.225 e. The SMILES string of the molecule is CCOCc1cc2ccc(OCc3ccccc3)cc2oc1=Nc1ccccc1. The highest BCUT2D eigenvalue weighted by atomic mass is 16.5. The summed E-state index contributed by atoms with van der Waals surface area (Å²) in [5.41, 5.74) is 4.16. The van der Waals surface area contributed by atoms with Gasteiger partial charge in [-0.3, -0.25) is 0 Å². The Hall–Kier alpha value is -3.37. The third kappa shape index (κ3) is 4.92. The van der Waals surface area contributed by atoms with Crippen molar-refractivity contribution in [1.29, 1.82) is 0 Å². The molecule has 29 heavy (non-hydrogen) atoms. The van der Waals surface area contributed by atoms with Gasteiger partial charge in [-0.05, 0) is 42.8 Å². The van der Waals surface area contributed by atoms with E-state index in [4.69, 9.17) is 13.9 Å². The van der Waals surface area contributed by atoms with Crippen LogP contribution in [0.2, 0.25) is 0 Å². The molecule has 0 bridgehead atoms. The average molecular weight is 385 g/mol. The van der Waals surface area contributed by atoms with Gasteiger partial charge in [0.25, 0.3) is 0 Å². The Morgan fingerprint density at radius 3 is 2.34 bits per heavy atom. The van der Waals surface area contributed by atoms with Crippen molar-refractivity contribution in [2.75, 3.05) is 6.61 Å². The second-order valence-corrected chi connectivity index (χ2v) is 6.64. The molecule has 0 spiro atoms. The van der Waals surface area contributed by atoms with Gasteiger partial charge in [-0.15, -0.1) is 0 Å². The number of para-hydroxylation sites is 1. The van der Waals surface area contributed by atoms with Gasteiger partial charge in [0, 0.05) is 23.6 Å². The zero-order valence-corrected chi connectivity index (χ0v) is 16.4. The van der Waals surface area contributed by atoms with Crippen LogP contribution in [-0.4, -0.2) is 6.61 Å². The van der Waals surface area contributed by atoms with Crippen LogP contribution in [0.3, 0.4) is 0 Å². The molecule has 1 aromatic heterocycles. The van der Waals surface area contributed by atoms with Gasteiger partial charge < -0.3 is 13.9 Å². The van der Waals surface area contributed by atoms with Crippen LogP contribution in [0.25, 0.3) is 11.0 Å². The van der Waals surface area contributed by atoms with Gasteiger partial charge in [0.1, 0.15) is 17.9 Å². The molecule has 0 aliphatic carbocycles.